The second-order valence-electron chi connectivity index (χ2n) is 20.1. The van der Waals surface area contributed by atoms with E-state index >= 15 is 0 Å². The van der Waals surface area contributed by atoms with Gasteiger partial charge in [-0.3, -0.25) is 4.79 Å². The van der Waals surface area contributed by atoms with Gasteiger partial charge < -0.3 is 10.0 Å². The number of rotatable bonds is 24. The molecule has 0 bridgehead atoms. The Labute approximate surface area is 344 Å². The molecule has 0 N–H and O–H groups in total. The number of hydrogen-bond donors (Lipinski definition) is 0. The Hall–Kier alpha value is -1.84. The number of allylic oxidation sites excluding steroid dienone is 5. The van der Waals surface area contributed by atoms with Crippen molar-refractivity contribution in [3.05, 3.63) is 34.8 Å². The Morgan fingerprint density at radius 3 is 1.71 bits per heavy atom. The Kier molecular flexibility index (Phi) is 16.2. The molecule has 8 unspecified atom stereocenters. The predicted molar refractivity (Wildman–Crippen MR) is 233 cm³/mol. The van der Waals surface area contributed by atoms with Crippen molar-refractivity contribution in [2.45, 2.75) is 231 Å². The van der Waals surface area contributed by atoms with Crippen molar-refractivity contribution in [2.24, 2.45) is 35.5 Å². The third kappa shape index (κ3) is 9.78. The van der Waals surface area contributed by atoms with Gasteiger partial charge in [-0.25, -0.2) is 4.58 Å². The molecule has 7 aliphatic rings. The first-order valence-electron chi connectivity index (χ1n) is 25.4. The fourth-order valence-corrected chi connectivity index (χ4v) is 13.8. The van der Waals surface area contributed by atoms with Gasteiger partial charge in [0.1, 0.15) is 6.54 Å². The van der Waals surface area contributed by atoms with Crippen molar-refractivity contribution in [2.75, 3.05) is 13.1 Å². The van der Waals surface area contributed by atoms with E-state index in [1.807, 2.05) is 0 Å². The molecule has 1 saturated heterocycles. The lowest BCUT2D eigenvalue weighted by Crippen LogP contribution is -2.40. The maximum absolute atomic E-state index is 14.2. The van der Waals surface area contributed by atoms with E-state index < -0.39 is 0 Å². The molecule has 0 aromatic rings. The summed E-state index contributed by atoms with van der Waals surface area (Å²) in [6.07, 6.45) is 47.5. The minimum atomic E-state index is 0.0530. The van der Waals surface area contributed by atoms with E-state index in [0.717, 1.165) is 36.8 Å². The van der Waals surface area contributed by atoms with Crippen LogP contribution in [0, 0.1) is 35.5 Å². The summed E-state index contributed by atoms with van der Waals surface area (Å²) in [5, 5.41) is 14.2. The Morgan fingerprint density at radius 2 is 1.11 bits per heavy atom. The normalized spacial score (nSPS) is 32.5. The lowest BCUT2D eigenvalue weighted by molar-refractivity contribution is -0.568. The highest BCUT2D eigenvalue weighted by Gasteiger charge is 2.55. The number of Topliss-reactive ketones (excluding diaryl/α,β-unsaturated/α-hetero) is 1. The Balaban J connectivity index is 1.04. The van der Waals surface area contributed by atoms with Gasteiger partial charge in [0.2, 0.25) is 0 Å². The summed E-state index contributed by atoms with van der Waals surface area (Å²) in [6, 6.07) is 1.25. The summed E-state index contributed by atoms with van der Waals surface area (Å²) < 4.78 is 2.76. The number of unbranched alkanes of at least 4 members (excludes halogenated alkanes) is 18. The molecule has 7 rings (SSSR count). The summed E-state index contributed by atoms with van der Waals surface area (Å²) in [5.74, 6) is 4.36. The maximum Gasteiger partial charge on any atom is 0.192 e. The van der Waals surface area contributed by atoms with Gasteiger partial charge >= 0.3 is 0 Å². The second kappa shape index (κ2) is 21.4. The zero-order chi connectivity index (χ0) is 38.7. The van der Waals surface area contributed by atoms with Gasteiger partial charge in [-0.05, 0) is 75.2 Å². The van der Waals surface area contributed by atoms with E-state index in [4.69, 9.17) is 0 Å². The summed E-state index contributed by atoms with van der Waals surface area (Å²) >= 11 is 0. The van der Waals surface area contributed by atoms with Crippen molar-refractivity contribution >= 4 is 11.5 Å². The lowest BCUT2D eigenvalue weighted by atomic mass is 9.64. The zero-order valence-corrected chi connectivity index (χ0v) is 36.5. The van der Waals surface area contributed by atoms with E-state index in [0.29, 0.717) is 35.1 Å². The van der Waals surface area contributed by atoms with Crippen LogP contribution < -0.4 is 5.11 Å². The molecular weight excluding hydrogens is 685 g/mol. The number of hydrogen-bond acceptors (Lipinski definition) is 3. The van der Waals surface area contributed by atoms with Crippen molar-refractivity contribution < 1.29 is 14.5 Å². The quantitative estimate of drug-likeness (QED) is 0.0558. The molecule has 0 amide bonds. The molecular formula is C52H84N2O2. The van der Waals surface area contributed by atoms with Crippen LogP contribution in [-0.4, -0.2) is 46.1 Å². The van der Waals surface area contributed by atoms with Gasteiger partial charge in [0, 0.05) is 60.2 Å². The minimum absolute atomic E-state index is 0.0530. The smallest absolute Gasteiger partial charge is 0.192 e. The van der Waals surface area contributed by atoms with Crippen LogP contribution in [0.1, 0.15) is 219 Å². The second-order valence-corrected chi connectivity index (χ2v) is 20.1. The van der Waals surface area contributed by atoms with Crippen molar-refractivity contribution in [1.82, 2.24) is 4.90 Å². The third-order valence-electron chi connectivity index (χ3n) is 16.5. The van der Waals surface area contributed by atoms with Gasteiger partial charge in [0.05, 0.1) is 5.92 Å². The van der Waals surface area contributed by atoms with Crippen LogP contribution in [-0.2, 0) is 4.79 Å². The first-order valence-corrected chi connectivity index (χ1v) is 25.4. The van der Waals surface area contributed by atoms with Crippen LogP contribution in [0.5, 0.6) is 0 Å². The van der Waals surface area contributed by atoms with E-state index in [1.165, 1.54) is 217 Å². The van der Waals surface area contributed by atoms with Crippen molar-refractivity contribution in [1.29, 1.82) is 0 Å². The number of carbonyl (C=O) groups is 1. The molecule has 4 nitrogen and oxygen atoms in total. The monoisotopic (exact) mass is 769 g/mol. The topological polar surface area (TPSA) is 46.4 Å². The number of carbonyl (C=O) groups excluding carboxylic acids is 1. The molecule has 314 valence electrons. The highest BCUT2D eigenvalue weighted by molar-refractivity contribution is 6.23. The van der Waals surface area contributed by atoms with Crippen LogP contribution in [0.2, 0.25) is 0 Å². The number of likely N-dealkylation sites (tertiary alicyclic amines) is 1. The molecule has 0 radical (unpaired) electrons. The largest absolute Gasteiger partial charge is 0.871 e. The average molecular weight is 769 g/mol. The molecule has 0 spiro atoms. The van der Waals surface area contributed by atoms with Gasteiger partial charge in [0.15, 0.2) is 17.5 Å². The van der Waals surface area contributed by atoms with E-state index in [1.54, 1.807) is 0 Å². The van der Waals surface area contributed by atoms with Crippen LogP contribution >= 0.6 is 0 Å². The summed E-state index contributed by atoms with van der Waals surface area (Å²) in [5.41, 5.74) is 3.80. The van der Waals surface area contributed by atoms with Gasteiger partial charge in [0.25, 0.3) is 0 Å². The van der Waals surface area contributed by atoms with Crippen LogP contribution in [0.4, 0.5) is 0 Å². The fraction of sp³-hybridized carbons (Fsp3) is 0.846. The summed E-state index contributed by atoms with van der Waals surface area (Å²) in [6.45, 7) is 6.83. The van der Waals surface area contributed by atoms with E-state index in [2.05, 4.69) is 35.5 Å². The van der Waals surface area contributed by atoms with Gasteiger partial charge in [-0.2, -0.15) is 0 Å². The highest BCUT2D eigenvalue weighted by atomic mass is 16.3. The van der Waals surface area contributed by atoms with Crippen LogP contribution in [0.15, 0.2) is 34.8 Å². The molecule has 56 heavy (non-hydrogen) atoms. The molecule has 8 atom stereocenters. The highest BCUT2D eigenvalue weighted by Crippen LogP contribution is 2.55. The predicted octanol–water partition coefficient (Wildman–Crippen LogP) is 12.8. The van der Waals surface area contributed by atoms with Gasteiger partial charge in [-0.15, -0.1) is 0 Å². The van der Waals surface area contributed by atoms with E-state index in [-0.39, 0.29) is 11.5 Å². The SMILES string of the molecule is CCCCCCCCCCCCN1/C(=C/C2=C([O-])C(=C/C3=[N+](CCCCCCCCCCCC)C4CCCC5CCCC3C54)/C2=O)C2CCCC3CCCC1C32. The zero-order valence-electron chi connectivity index (χ0n) is 36.5. The molecule has 0 aromatic carbocycles. The minimum Gasteiger partial charge on any atom is -0.871 e. The average Bonchev–Trinajstić information content (AvgIpc) is 3.70. The van der Waals surface area contributed by atoms with Crippen molar-refractivity contribution in [3.63, 3.8) is 0 Å². The van der Waals surface area contributed by atoms with E-state index in [9.17, 15) is 9.90 Å². The van der Waals surface area contributed by atoms with Crippen molar-refractivity contribution in [3.8, 4) is 0 Å². The molecule has 4 saturated carbocycles. The van der Waals surface area contributed by atoms with Gasteiger partial charge in [-0.1, -0.05) is 161 Å². The maximum atomic E-state index is 14.2. The van der Waals surface area contributed by atoms with Crippen LogP contribution in [0.25, 0.3) is 0 Å². The van der Waals surface area contributed by atoms with Crippen LogP contribution in [0.3, 0.4) is 0 Å². The standard InChI is InChI=1S/C52H84N2O2/c1-3-5-7-9-11-13-15-17-19-21-35-53-45-33-25-29-39-27-23-31-41(49(39)45)47(53)37-43-51(55)44(52(43)56)38-48-42-32-24-28-40-30-26-34-46(50(40)42)54(48)36-22-20-18-16-14-12-10-8-6-4-2/h37-42,45-46,49-50H,3-36H2,1-2H3. The molecule has 5 fully saturated rings. The fourth-order valence-electron chi connectivity index (χ4n) is 13.8. The molecule has 2 aliphatic heterocycles. The first kappa shape index (κ1) is 42.3. The Morgan fingerprint density at radius 1 is 0.589 bits per heavy atom. The third-order valence-corrected chi connectivity index (χ3v) is 16.5. The summed E-state index contributed by atoms with van der Waals surface area (Å²) in [4.78, 5) is 17.0. The Bertz CT molecular complexity index is 1400. The number of ketones is 1. The molecule has 2 heterocycles. The molecule has 0 aromatic heterocycles. The lowest BCUT2D eigenvalue weighted by Gasteiger charge is -2.41. The molecule has 5 aliphatic carbocycles. The summed E-state index contributed by atoms with van der Waals surface area (Å²) in [7, 11) is 0. The number of nitrogens with zero attached hydrogens (tertiary/aromatic N) is 2. The first-order chi connectivity index (χ1) is 27.6. The molecule has 4 heteroatoms.